The summed E-state index contributed by atoms with van der Waals surface area (Å²) in [5.41, 5.74) is 2.07. The maximum Gasteiger partial charge on any atom is 0.410 e. The Morgan fingerprint density at radius 2 is 2.31 bits per heavy atom. The van der Waals surface area contributed by atoms with Gasteiger partial charge in [0.25, 0.3) is 0 Å². The summed E-state index contributed by atoms with van der Waals surface area (Å²) in [7, 11) is 0. The van der Waals surface area contributed by atoms with Crippen LogP contribution < -0.4 is 11.3 Å². The Bertz CT molecular complexity index is 305. The Morgan fingerprint density at radius 3 is 2.75 bits per heavy atom. The van der Waals surface area contributed by atoms with Crippen LogP contribution in [0.25, 0.3) is 0 Å². The topological polar surface area (TPSA) is 91.4 Å². The molecule has 1 rings (SSSR count). The molecule has 0 aromatic heterocycles. The standard InChI is InChI=1S/C10H18N4O2/c1-10(2,3)16-9(15)14-6-7(13-12)8(14)4-5-11/h7-8,13H,4,6,12H2,1-3H3. The molecule has 0 aromatic carbocycles. The first-order valence-electron chi connectivity index (χ1n) is 5.21. The number of likely N-dealkylation sites (tertiary alicyclic amines) is 1. The van der Waals surface area contributed by atoms with Crippen molar-refractivity contribution in [3.8, 4) is 6.07 Å². The Morgan fingerprint density at radius 1 is 1.69 bits per heavy atom. The molecule has 0 spiro atoms. The van der Waals surface area contributed by atoms with Crippen molar-refractivity contribution in [2.24, 2.45) is 5.84 Å². The number of rotatable bonds is 2. The predicted molar refractivity (Wildman–Crippen MR) is 58.1 cm³/mol. The van der Waals surface area contributed by atoms with E-state index in [-0.39, 0.29) is 24.6 Å². The Hall–Kier alpha value is -1.32. The highest BCUT2D eigenvalue weighted by atomic mass is 16.6. The summed E-state index contributed by atoms with van der Waals surface area (Å²) in [6, 6.07) is 1.83. The zero-order chi connectivity index (χ0) is 12.3. The van der Waals surface area contributed by atoms with E-state index in [9.17, 15) is 4.79 Å². The number of hydrogen-bond donors (Lipinski definition) is 2. The van der Waals surface area contributed by atoms with Crippen LogP contribution in [0.1, 0.15) is 27.2 Å². The molecule has 1 aliphatic heterocycles. The van der Waals surface area contributed by atoms with Gasteiger partial charge in [-0.25, -0.2) is 4.79 Å². The summed E-state index contributed by atoms with van der Waals surface area (Å²) in [5.74, 6) is 5.31. The summed E-state index contributed by atoms with van der Waals surface area (Å²) in [6.07, 6.45) is -0.132. The number of ether oxygens (including phenoxy) is 1. The third kappa shape index (κ3) is 2.84. The van der Waals surface area contributed by atoms with Crippen molar-refractivity contribution in [3.05, 3.63) is 0 Å². The van der Waals surface area contributed by atoms with Crippen molar-refractivity contribution in [2.45, 2.75) is 44.9 Å². The smallest absolute Gasteiger partial charge is 0.410 e. The SMILES string of the molecule is CC(C)(C)OC(=O)N1CC(NN)C1CC#N. The molecular formula is C10H18N4O2. The van der Waals surface area contributed by atoms with E-state index in [2.05, 4.69) is 5.43 Å². The molecule has 0 radical (unpaired) electrons. The van der Waals surface area contributed by atoms with Gasteiger partial charge in [-0.1, -0.05) is 0 Å². The monoisotopic (exact) mass is 226 g/mol. The molecular weight excluding hydrogens is 208 g/mol. The van der Waals surface area contributed by atoms with Gasteiger partial charge in [0.15, 0.2) is 0 Å². The van der Waals surface area contributed by atoms with E-state index in [1.165, 1.54) is 4.90 Å². The zero-order valence-electron chi connectivity index (χ0n) is 9.86. The number of hydrogen-bond acceptors (Lipinski definition) is 5. The number of nitriles is 1. The molecule has 2 unspecified atom stereocenters. The molecule has 2 atom stereocenters. The second-order valence-electron chi connectivity index (χ2n) is 4.84. The van der Waals surface area contributed by atoms with Gasteiger partial charge in [-0.15, -0.1) is 0 Å². The second-order valence-corrected chi connectivity index (χ2v) is 4.84. The highest BCUT2D eigenvalue weighted by molar-refractivity contribution is 5.70. The summed E-state index contributed by atoms with van der Waals surface area (Å²) in [5, 5.41) is 8.65. The van der Waals surface area contributed by atoms with E-state index in [0.717, 1.165) is 0 Å². The van der Waals surface area contributed by atoms with E-state index < -0.39 is 5.60 Å². The van der Waals surface area contributed by atoms with Gasteiger partial charge in [0.2, 0.25) is 0 Å². The van der Waals surface area contributed by atoms with Crippen molar-refractivity contribution in [1.82, 2.24) is 10.3 Å². The molecule has 6 nitrogen and oxygen atoms in total. The number of nitrogens with zero attached hydrogens (tertiary/aromatic N) is 2. The van der Waals surface area contributed by atoms with Gasteiger partial charge in [-0.05, 0) is 20.8 Å². The molecule has 0 saturated carbocycles. The minimum atomic E-state index is -0.518. The lowest BCUT2D eigenvalue weighted by Crippen LogP contribution is -2.68. The minimum absolute atomic E-state index is 0.0211. The third-order valence-electron chi connectivity index (χ3n) is 2.40. The summed E-state index contributed by atoms with van der Waals surface area (Å²) < 4.78 is 5.22. The lowest BCUT2D eigenvalue weighted by Gasteiger charge is -2.46. The number of carbonyl (C=O) groups is 1. The fraction of sp³-hybridized carbons (Fsp3) is 0.800. The predicted octanol–water partition coefficient (Wildman–Crippen LogP) is 0.351. The first kappa shape index (κ1) is 12.7. The van der Waals surface area contributed by atoms with Gasteiger partial charge in [0.05, 0.1) is 24.6 Å². The highest BCUT2D eigenvalue weighted by Crippen LogP contribution is 2.23. The number of hydrazine groups is 1. The second kappa shape index (κ2) is 4.68. The molecule has 1 amide bonds. The number of nitrogens with two attached hydrogens (primary N) is 1. The molecule has 90 valence electrons. The molecule has 0 aliphatic carbocycles. The average Bonchev–Trinajstić information content (AvgIpc) is 2.10. The van der Waals surface area contributed by atoms with Gasteiger partial charge >= 0.3 is 6.09 Å². The van der Waals surface area contributed by atoms with E-state index >= 15 is 0 Å². The first-order chi connectivity index (χ1) is 7.39. The lowest BCUT2D eigenvalue weighted by atomic mass is 9.95. The summed E-state index contributed by atoms with van der Waals surface area (Å²) in [4.78, 5) is 13.2. The third-order valence-corrected chi connectivity index (χ3v) is 2.40. The van der Waals surface area contributed by atoms with Crippen LogP contribution in [0.3, 0.4) is 0 Å². The molecule has 1 aliphatic rings. The van der Waals surface area contributed by atoms with Crippen LogP contribution in [0.2, 0.25) is 0 Å². The van der Waals surface area contributed by atoms with Crippen molar-refractivity contribution in [3.63, 3.8) is 0 Å². The Labute approximate surface area is 95.3 Å². The molecule has 1 fully saturated rings. The van der Waals surface area contributed by atoms with E-state index in [4.69, 9.17) is 15.8 Å². The Balaban J connectivity index is 2.55. The summed E-state index contributed by atoms with van der Waals surface area (Å²) in [6.45, 7) is 5.91. The fourth-order valence-electron chi connectivity index (χ4n) is 1.59. The van der Waals surface area contributed by atoms with Gasteiger partial charge in [-0.3, -0.25) is 11.3 Å². The molecule has 16 heavy (non-hydrogen) atoms. The van der Waals surface area contributed by atoms with Crippen molar-refractivity contribution in [1.29, 1.82) is 5.26 Å². The molecule has 1 heterocycles. The van der Waals surface area contributed by atoms with Crippen LogP contribution in [0, 0.1) is 11.3 Å². The van der Waals surface area contributed by atoms with E-state index in [1.54, 1.807) is 0 Å². The number of carbonyl (C=O) groups excluding carboxylic acids is 1. The van der Waals surface area contributed by atoms with Crippen molar-refractivity contribution < 1.29 is 9.53 Å². The quantitative estimate of drug-likeness (QED) is 0.523. The van der Waals surface area contributed by atoms with Crippen molar-refractivity contribution >= 4 is 6.09 Å². The first-order valence-corrected chi connectivity index (χ1v) is 5.21. The van der Waals surface area contributed by atoms with Crippen molar-refractivity contribution in [2.75, 3.05) is 6.54 Å². The molecule has 1 saturated heterocycles. The van der Waals surface area contributed by atoms with Crippen LogP contribution in [-0.4, -0.2) is 35.2 Å². The minimum Gasteiger partial charge on any atom is -0.444 e. The highest BCUT2D eigenvalue weighted by Gasteiger charge is 2.42. The van der Waals surface area contributed by atoms with Crippen LogP contribution in [0.5, 0.6) is 0 Å². The number of amides is 1. The molecule has 6 heteroatoms. The van der Waals surface area contributed by atoms with Crippen LogP contribution in [0.4, 0.5) is 4.79 Å². The molecule has 3 N–H and O–H groups in total. The maximum absolute atomic E-state index is 11.7. The Kier molecular flexibility index (Phi) is 3.73. The zero-order valence-corrected chi connectivity index (χ0v) is 9.86. The molecule has 0 bridgehead atoms. The number of nitrogens with one attached hydrogen (secondary N) is 1. The van der Waals surface area contributed by atoms with E-state index in [1.807, 2.05) is 26.8 Å². The average molecular weight is 226 g/mol. The van der Waals surface area contributed by atoms with Gasteiger partial charge < -0.3 is 9.64 Å². The molecule has 0 aromatic rings. The fourth-order valence-corrected chi connectivity index (χ4v) is 1.59. The van der Waals surface area contributed by atoms with Crippen LogP contribution in [-0.2, 0) is 4.74 Å². The largest absolute Gasteiger partial charge is 0.444 e. The van der Waals surface area contributed by atoms with Gasteiger partial charge in [-0.2, -0.15) is 5.26 Å². The maximum atomic E-state index is 11.7. The van der Waals surface area contributed by atoms with Gasteiger partial charge in [0.1, 0.15) is 5.60 Å². The van der Waals surface area contributed by atoms with E-state index in [0.29, 0.717) is 6.54 Å². The van der Waals surface area contributed by atoms with Gasteiger partial charge in [0, 0.05) is 6.54 Å². The van der Waals surface area contributed by atoms with Crippen LogP contribution in [0.15, 0.2) is 0 Å². The lowest BCUT2D eigenvalue weighted by molar-refractivity contribution is -0.0174. The normalized spacial score (nSPS) is 24.6. The summed E-state index contributed by atoms with van der Waals surface area (Å²) >= 11 is 0. The van der Waals surface area contributed by atoms with Crippen LogP contribution >= 0.6 is 0 Å².